The van der Waals surface area contributed by atoms with Gasteiger partial charge in [-0.25, -0.2) is 4.98 Å². The number of piperidine rings is 1. The van der Waals surface area contributed by atoms with Crippen molar-refractivity contribution >= 4 is 0 Å². The first-order valence-corrected chi connectivity index (χ1v) is 5.93. The van der Waals surface area contributed by atoms with E-state index >= 15 is 0 Å². The van der Waals surface area contributed by atoms with Gasteiger partial charge >= 0.3 is 6.18 Å². The van der Waals surface area contributed by atoms with E-state index in [4.69, 9.17) is 4.74 Å². The van der Waals surface area contributed by atoms with Gasteiger partial charge in [-0.05, 0) is 31.5 Å². The van der Waals surface area contributed by atoms with Gasteiger partial charge in [-0.15, -0.1) is 0 Å². The molecule has 0 aromatic carbocycles. The molecule has 1 aromatic rings. The molecule has 0 saturated carbocycles. The van der Waals surface area contributed by atoms with Crippen LogP contribution < -0.4 is 10.1 Å². The summed E-state index contributed by atoms with van der Waals surface area (Å²) in [4.78, 5) is 3.67. The second kappa shape index (κ2) is 5.56. The molecule has 1 N–H and O–H groups in total. The molecule has 0 spiro atoms. The predicted molar refractivity (Wildman–Crippen MR) is 60.3 cm³/mol. The Hall–Kier alpha value is -1.30. The lowest BCUT2D eigenvalue weighted by atomic mass is 10.0. The van der Waals surface area contributed by atoms with Crippen molar-refractivity contribution in [3.8, 4) is 5.88 Å². The number of nitrogens with one attached hydrogen (secondary N) is 1. The monoisotopic (exact) mass is 260 g/mol. The van der Waals surface area contributed by atoms with Crippen LogP contribution in [0.3, 0.4) is 0 Å². The Morgan fingerprint density at radius 3 is 2.94 bits per heavy atom. The molecule has 0 aliphatic carbocycles. The second-order valence-corrected chi connectivity index (χ2v) is 4.38. The Morgan fingerprint density at radius 1 is 1.44 bits per heavy atom. The SMILES string of the molecule is FC(F)(F)c1cccnc1OCC1CCCNC1. The number of ether oxygens (including phenoxy) is 1. The van der Waals surface area contributed by atoms with Gasteiger partial charge in [-0.3, -0.25) is 0 Å². The van der Waals surface area contributed by atoms with Crippen LogP contribution in [0, 0.1) is 5.92 Å². The molecule has 0 amide bonds. The summed E-state index contributed by atoms with van der Waals surface area (Å²) >= 11 is 0. The number of nitrogens with zero attached hydrogens (tertiary/aromatic N) is 1. The molecule has 2 heterocycles. The van der Waals surface area contributed by atoms with Gasteiger partial charge in [0.1, 0.15) is 5.56 Å². The first-order valence-electron chi connectivity index (χ1n) is 5.93. The highest BCUT2D eigenvalue weighted by atomic mass is 19.4. The molecule has 1 aliphatic rings. The van der Waals surface area contributed by atoms with Crippen LogP contribution in [0.2, 0.25) is 0 Å². The molecule has 100 valence electrons. The summed E-state index contributed by atoms with van der Waals surface area (Å²) in [6.45, 7) is 2.02. The van der Waals surface area contributed by atoms with Crippen LogP contribution in [0.1, 0.15) is 18.4 Å². The predicted octanol–water partition coefficient (Wildman–Crippen LogP) is 2.48. The molecule has 0 radical (unpaired) electrons. The normalized spacial score (nSPS) is 20.7. The number of hydrogen-bond donors (Lipinski definition) is 1. The van der Waals surface area contributed by atoms with Crippen LogP contribution in [0.15, 0.2) is 18.3 Å². The summed E-state index contributed by atoms with van der Waals surface area (Å²) < 4.78 is 43.3. The van der Waals surface area contributed by atoms with Gasteiger partial charge in [0.15, 0.2) is 0 Å². The van der Waals surface area contributed by atoms with Crippen molar-refractivity contribution in [3.05, 3.63) is 23.9 Å². The summed E-state index contributed by atoms with van der Waals surface area (Å²) in [6.07, 6.45) is -1.11. The largest absolute Gasteiger partial charge is 0.477 e. The van der Waals surface area contributed by atoms with Crippen LogP contribution >= 0.6 is 0 Å². The van der Waals surface area contributed by atoms with Gasteiger partial charge < -0.3 is 10.1 Å². The maximum atomic E-state index is 12.7. The Kier molecular flexibility index (Phi) is 4.06. The second-order valence-electron chi connectivity index (χ2n) is 4.38. The summed E-state index contributed by atoms with van der Waals surface area (Å²) in [5.41, 5.74) is -0.811. The quantitative estimate of drug-likeness (QED) is 0.906. The van der Waals surface area contributed by atoms with Crippen molar-refractivity contribution < 1.29 is 17.9 Å². The number of rotatable bonds is 3. The first kappa shape index (κ1) is 13.1. The van der Waals surface area contributed by atoms with Gasteiger partial charge in [0.2, 0.25) is 5.88 Å². The molecule has 6 heteroatoms. The van der Waals surface area contributed by atoms with Crippen LogP contribution in [0.25, 0.3) is 0 Å². The number of alkyl halides is 3. The fraction of sp³-hybridized carbons (Fsp3) is 0.583. The molecular formula is C12H15F3N2O. The molecule has 1 unspecified atom stereocenters. The Bertz CT molecular complexity index is 389. The van der Waals surface area contributed by atoms with E-state index < -0.39 is 11.7 Å². The Morgan fingerprint density at radius 2 is 2.28 bits per heavy atom. The average Bonchev–Trinajstić information content (AvgIpc) is 2.37. The van der Waals surface area contributed by atoms with Gasteiger partial charge in [0.05, 0.1) is 6.61 Å². The number of halogens is 3. The van der Waals surface area contributed by atoms with E-state index in [0.717, 1.165) is 32.0 Å². The molecule has 3 nitrogen and oxygen atoms in total. The van der Waals surface area contributed by atoms with Gasteiger partial charge in [0, 0.05) is 18.7 Å². The highest BCUT2D eigenvalue weighted by Gasteiger charge is 2.35. The zero-order valence-corrected chi connectivity index (χ0v) is 9.83. The van der Waals surface area contributed by atoms with E-state index in [1.54, 1.807) is 0 Å². The minimum Gasteiger partial charge on any atom is -0.477 e. The van der Waals surface area contributed by atoms with Gasteiger partial charge in [0.25, 0.3) is 0 Å². The zero-order valence-electron chi connectivity index (χ0n) is 9.83. The lowest BCUT2D eigenvalue weighted by Crippen LogP contribution is -2.33. The van der Waals surface area contributed by atoms with E-state index in [2.05, 4.69) is 10.3 Å². The Labute approximate surface area is 103 Å². The van der Waals surface area contributed by atoms with Gasteiger partial charge in [-0.1, -0.05) is 0 Å². The van der Waals surface area contributed by atoms with Crippen molar-refractivity contribution in [2.24, 2.45) is 5.92 Å². The summed E-state index contributed by atoms with van der Waals surface area (Å²) in [7, 11) is 0. The van der Waals surface area contributed by atoms with Crippen molar-refractivity contribution in [2.45, 2.75) is 19.0 Å². The van der Waals surface area contributed by atoms with Crippen molar-refractivity contribution in [1.29, 1.82) is 0 Å². The third-order valence-electron chi connectivity index (χ3n) is 2.93. The molecular weight excluding hydrogens is 245 g/mol. The minimum atomic E-state index is -4.42. The zero-order chi connectivity index (χ0) is 13.0. The van der Waals surface area contributed by atoms with Crippen molar-refractivity contribution in [3.63, 3.8) is 0 Å². The third kappa shape index (κ3) is 3.35. The molecule has 2 rings (SSSR count). The molecule has 1 aromatic heterocycles. The molecule has 1 saturated heterocycles. The average molecular weight is 260 g/mol. The molecule has 1 fully saturated rings. The van der Waals surface area contributed by atoms with Crippen LogP contribution in [0.5, 0.6) is 5.88 Å². The lowest BCUT2D eigenvalue weighted by Gasteiger charge is -2.23. The topological polar surface area (TPSA) is 34.1 Å². The van der Waals surface area contributed by atoms with E-state index in [9.17, 15) is 13.2 Å². The van der Waals surface area contributed by atoms with E-state index in [1.165, 1.54) is 12.3 Å². The number of hydrogen-bond acceptors (Lipinski definition) is 3. The fourth-order valence-electron chi connectivity index (χ4n) is 1.98. The molecule has 1 atom stereocenters. The number of pyridine rings is 1. The van der Waals surface area contributed by atoms with Gasteiger partial charge in [-0.2, -0.15) is 13.2 Å². The lowest BCUT2D eigenvalue weighted by molar-refractivity contribution is -0.139. The van der Waals surface area contributed by atoms with E-state index in [-0.39, 0.29) is 18.4 Å². The maximum Gasteiger partial charge on any atom is 0.421 e. The Balaban J connectivity index is 2.00. The fourth-order valence-corrected chi connectivity index (χ4v) is 1.98. The summed E-state index contributed by atoms with van der Waals surface area (Å²) in [6, 6.07) is 2.25. The molecule has 0 bridgehead atoms. The molecule has 1 aliphatic heterocycles. The first-order chi connectivity index (χ1) is 8.57. The standard InChI is InChI=1S/C12H15F3N2O/c13-12(14,15)10-4-2-6-17-11(10)18-8-9-3-1-5-16-7-9/h2,4,6,9,16H,1,3,5,7-8H2. The molecule has 18 heavy (non-hydrogen) atoms. The van der Waals surface area contributed by atoms with Crippen molar-refractivity contribution in [2.75, 3.05) is 19.7 Å². The summed E-state index contributed by atoms with van der Waals surface area (Å²) in [5.74, 6) is -0.0718. The highest BCUT2D eigenvalue weighted by Crippen LogP contribution is 2.34. The number of aromatic nitrogens is 1. The minimum absolute atomic E-state index is 0.252. The third-order valence-corrected chi connectivity index (χ3v) is 2.93. The maximum absolute atomic E-state index is 12.7. The summed E-state index contributed by atoms with van der Waals surface area (Å²) in [5, 5.41) is 3.19. The van der Waals surface area contributed by atoms with Crippen LogP contribution in [-0.2, 0) is 6.18 Å². The van der Waals surface area contributed by atoms with Crippen LogP contribution in [0.4, 0.5) is 13.2 Å². The smallest absolute Gasteiger partial charge is 0.421 e. The van der Waals surface area contributed by atoms with Crippen LogP contribution in [-0.4, -0.2) is 24.7 Å². The van der Waals surface area contributed by atoms with Crippen molar-refractivity contribution in [1.82, 2.24) is 10.3 Å². The highest BCUT2D eigenvalue weighted by molar-refractivity contribution is 5.28. The van der Waals surface area contributed by atoms with E-state index in [0.29, 0.717) is 0 Å². The van der Waals surface area contributed by atoms with E-state index in [1.807, 2.05) is 0 Å².